The molecule has 0 aliphatic rings. The first-order chi connectivity index (χ1) is 7.24. The summed E-state index contributed by atoms with van der Waals surface area (Å²) in [7, 11) is 0. The molecule has 1 aromatic heterocycles. The number of nitrogens with zero attached hydrogens (tertiary/aromatic N) is 3. The lowest BCUT2D eigenvalue weighted by Gasteiger charge is -2.18. The summed E-state index contributed by atoms with van der Waals surface area (Å²) in [4.78, 5) is 16.5. The maximum Gasteiger partial charge on any atom is 0.278 e. The summed E-state index contributed by atoms with van der Waals surface area (Å²) in [6.45, 7) is 0.869. The predicted molar refractivity (Wildman–Crippen MR) is 59.3 cm³/mol. The standard InChI is InChI=1S/C10H11N3OS/c11-4-1-7-13(10(14)15)8-9-2-5-12-6-3-9/h2-3,5-6H,1,7-8H2,(H,14,15). The normalized spacial score (nSPS) is 9.33. The van der Waals surface area contributed by atoms with E-state index < -0.39 is 0 Å². The van der Waals surface area contributed by atoms with Crippen LogP contribution < -0.4 is 0 Å². The average Bonchev–Trinajstić information content (AvgIpc) is 2.25. The summed E-state index contributed by atoms with van der Waals surface area (Å²) in [5, 5.41) is 8.12. The third-order valence-electron chi connectivity index (χ3n) is 1.89. The lowest BCUT2D eigenvalue weighted by Crippen LogP contribution is -2.26. The molecule has 0 unspecified atom stereocenters. The molecule has 78 valence electrons. The van der Waals surface area contributed by atoms with Gasteiger partial charge in [0.15, 0.2) is 0 Å². The molecule has 1 aromatic rings. The molecule has 0 fully saturated rings. The number of carbonyl (C=O) groups excluding carboxylic acids is 1. The number of rotatable bonds is 4. The first kappa shape index (κ1) is 11.5. The van der Waals surface area contributed by atoms with Crippen molar-refractivity contribution in [2.24, 2.45) is 0 Å². The van der Waals surface area contributed by atoms with Crippen molar-refractivity contribution in [3.63, 3.8) is 0 Å². The molecule has 0 radical (unpaired) electrons. The molecule has 0 atom stereocenters. The monoisotopic (exact) mass is 221 g/mol. The van der Waals surface area contributed by atoms with Crippen LogP contribution in [0.1, 0.15) is 12.0 Å². The fourth-order valence-corrected chi connectivity index (χ4v) is 1.31. The van der Waals surface area contributed by atoms with E-state index in [1.165, 1.54) is 4.90 Å². The zero-order chi connectivity index (χ0) is 11.1. The van der Waals surface area contributed by atoms with Gasteiger partial charge in [0.1, 0.15) is 0 Å². The molecule has 4 nitrogen and oxygen atoms in total. The number of carbonyl (C=O) groups is 1. The van der Waals surface area contributed by atoms with Crippen molar-refractivity contribution < 1.29 is 4.79 Å². The number of hydrogen-bond acceptors (Lipinski definition) is 3. The fraction of sp³-hybridized carbons (Fsp3) is 0.300. The third kappa shape index (κ3) is 4.00. The second kappa shape index (κ2) is 6.04. The minimum absolute atomic E-state index is 0.317. The van der Waals surface area contributed by atoms with Gasteiger partial charge in [-0.1, -0.05) is 12.6 Å². The van der Waals surface area contributed by atoms with Crippen LogP contribution >= 0.6 is 12.6 Å². The number of thiol groups is 1. The molecule has 0 saturated heterocycles. The summed E-state index contributed by atoms with van der Waals surface area (Å²) in [6.07, 6.45) is 3.65. The summed E-state index contributed by atoms with van der Waals surface area (Å²) in [5.74, 6) is 0. The molecule has 0 spiro atoms. The van der Waals surface area contributed by atoms with Crippen LogP contribution in [0.4, 0.5) is 4.79 Å². The van der Waals surface area contributed by atoms with Crippen LogP contribution in [0.15, 0.2) is 24.5 Å². The minimum Gasteiger partial charge on any atom is -0.328 e. The Hall–Kier alpha value is -1.54. The number of pyridine rings is 1. The van der Waals surface area contributed by atoms with E-state index in [2.05, 4.69) is 17.6 Å². The van der Waals surface area contributed by atoms with Gasteiger partial charge in [0.05, 0.1) is 12.5 Å². The molecule has 5 heteroatoms. The Kier molecular flexibility index (Phi) is 4.64. The third-order valence-corrected chi connectivity index (χ3v) is 2.17. The van der Waals surface area contributed by atoms with Gasteiger partial charge in [0, 0.05) is 25.5 Å². The molecule has 15 heavy (non-hydrogen) atoms. The number of hydrogen-bond donors (Lipinski definition) is 1. The van der Waals surface area contributed by atoms with Crippen LogP contribution in [0.2, 0.25) is 0 Å². The first-order valence-electron chi connectivity index (χ1n) is 4.47. The molecule has 1 heterocycles. The Morgan fingerprint density at radius 2 is 2.20 bits per heavy atom. The van der Waals surface area contributed by atoms with Gasteiger partial charge in [-0.3, -0.25) is 9.78 Å². The van der Waals surface area contributed by atoms with Crippen molar-refractivity contribution in [3.05, 3.63) is 30.1 Å². The molecular formula is C10H11N3OS. The van der Waals surface area contributed by atoms with E-state index >= 15 is 0 Å². The van der Waals surface area contributed by atoms with Gasteiger partial charge < -0.3 is 4.90 Å². The maximum atomic E-state index is 11.1. The van der Waals surface area contributed by atoms with Crippen molar-refractivity contribution >= 4 is 17.9 Å². The van der Waals surface area contributed by atoms with Gasteiger partial charge in [-0.15, -0.1) is 0 Å². The van der Waals surface area contributed by atoms with Crippen LogP contribution in [0.5, 0.6) is 0 Å². The lowest BCUT2D eigenvalue weighted by molar-refractivity contribution is 0.222. The predicted octanol–water partition coefficient (Wildman–Crippen LogP) is 1.85. The van der Waals surface area contributed by atoms with E-state index in [1.54, 1.807) is 12.4 Å². The van der Waals surface area contributed by atoms with Gasteiger partial charge in [0.2, 0.25) is 0 Å². The van der Waals surface area contributed by atoms with Gasteiger partial charge in [0.25, 0.3) is 5.24 Å². The molecule has 0 N–H and O–H groups in total. The largest absolute Gasteiger partial charge is 0.328 e. The van der Waals surface area contributed by atoms with E-state index in [0.29, 0.717) is 19.5 Å². The smallest absolute Gasteiger partial charge is 0.278 e. The van der Waals surface area contributed by atoms with Crippen LogP contribution in [0, 0.1) is 11.3 Å². The molecule has 1 amide bonds. The highest BCUT2D eigenvalue weighted by Crippen LogP contribution is 2.06. The summed E-state index contributed by atoms with van der Waals surface area (Å²) in [5.41, 5.74) is 0.977. The quantitative estimate of drug-likeness (QED) is 0.789. The van der Waals surface area contributed by atoms with Crippen molar-refractivity contribution in [3.8, 4) is 6.07 Å². The first-order valence-corrected chi connectivity index (χ1v) is 4.92. The van der Waals surface area contributed by atoms with Crippen molar-refractivity contribution in [2.75, 3.05) is 6.54 Å². The van der Waals surface area contributed by atoms with Crippen LogP contribution in [0.3, 0.4) is 0 Å². The molecule has 1 rings (SSSR count). The summed E-state index contributed by atoms with van der Waals surface area (Å²) < 4.78 is 0. The van der Waals surface area contributed by atoms with Crippen molar-refractivity contribution in [2.45, 2.75) is 13.0 Å². The topological polar surface area (TPSA) is 57.0 Å². The van der Waals surface area contributed by atoms with Crippen molar-refractivity contribution in [1.82, 2.24) is 9.88 Å². The van der Waals surface area contributed by atoms with Gasteiger partial charge >= 0.3 is 0 Å². The zero-order valence-corrected chi connectivity index (χ0v) is 9.02. The molecular weight excluding hydrogens is 210 g/mol. The maximum absolute atomic E-state index is 11.1. The highest BCUT2D eigenvalue weighted by molar-refractivity contribution is 7.96. The Morgan fingerprint density at radius 3 is 2.73 bits per heavy atom. The second-order valence-electron chi connectivity index (χ2n) is 2.97. The highest BCUT2D eigenvalue weighted by Gasteiger charge is 2.09. The molecule has 0 aliphatic heterocycles. The van der Waals surface area contributed by atoms with E-state index in [1.807, 2.05) is 18.2 Å². The summed E-state index contributed by atoms with van der Waals surface area (Å²) >= 11 is 3.76. The number of amides is 1. The molecule has 0 aliphatic carbocycles. The van der Waals surface area contributed by atoms with Gasteiger partial charge in [-0.2, -0.15) is 5.26 Å². The van der Waals surface area contributed by atoms with E-state index in [0.717, 1.165) is 5.56 Å². The zero-order valence-electron chi connectivity index (χ0n) is 8.13. The molecule has 0 aromatic carbocycles. The highest BCUT2D eigenvalue weighted by atomic mass is 32.1. The second-order valence-corrected chi connectivity index (χ2v) is 3.35. The van der Waals surface area contributed by atoms with Crippen molar-refractivity contribution in [1.29, 1.82) is 5.26 Å². The van der Waals surface area contributed by atoms with E-state index in [-0.39, 0.29) is 5.24 Å². The molecule has 0 saturated carbocycles. The Morgan fingerprint density at radius 1 is 1.53 bits per heavy atom. The average molecular weight is 221 g/mol. The number of aromatic nitrogens is 1. The fourth-order valence-electron chi connectivity index (χ4n) is 1.14. The minimum atomic E-state index is -0.318. The van der Waals surface area contributed by atoms with Crippen LogP contribution in [-0.4, -0.2) is 21.7 Å². The molecule has 0 bridgehead atoms. The Balaban J connectivity index is 2.60. The Bertz CT molecular complexity index is 361. The van der Waals surface area contributed by atoms with E-state index in [9.17, 15) is 4.79 Å². The Labute approximate surface area is 93.9 Å². The van der Waals surface area contributed by atoms with Gasteiger partial charge in [-0.05, 0) is 17.7 Å². The van der Waals surface area contributed by atoms with Crippen LogP contribution in [-0.2, 0) is 6.54 Å². The van der Waals surface area contributed by atoms with Gasteiger partial charge in [-0.25, -0.2) is 0 Å². The SMILES string of the molecule is N#CCCN(Cc1ccncc1)C(=O)S. The summed E-state index contributed by atoms with van der Waals surface area (Å²) in [6, 6.07) is 5.66. The van der Waals surface area contributed by atoms with E-state index in [4.69, 9.17) is 5.26 Å². The number of nitriles is 1. The lowest BCUT2D eigenvalue weighted by atomic mass is 10.2. The van der Waals surface area contributed by atoms with Crippen LogP contribution in [0.25, 0.3) is 0 Å².